The Kier molecular flexibility index (Phi) is 10.0. The van der Waals surface area contributed by atoms with Gasteiger partial charge in [-0.3, -0.25) is 0 Å². The summed E-state index contributed by atoms with van der Waals surface area (Å²) in [6.45, 7) is 0. The van der Waals surface area contributed by atoms with Gasteiger partial charge in [0, 0.05) is 38.9 Å². The molecule has 284 valence electrons. The van der Waals surface area contributed by atoms with E-state index in [1.807, 2.05) is 6.07 Å². The van der Waals surface area contributed by atoms with Gasteiger partial charge in [-0.1, -0.05) is 218 Å². The molecule has 1 N–H and O–H groups in total. The lowest BCUT2D eigenvalue weighted by atomic mass is 9.82. The molecule has 1 unspecified atom stereocenters. The van der Waals surface area contributed by atoms with E-state index in [1.54, 1.807) is 0 Å². The number of aromatic nitrogens is 1. The summed E-state index contributed by atoms with van der Waals surface area (Å²) in [7, 11) is 0. The molecule has 1 aliphatic heterocycles. The first-order valence-corrected chi connectivity index (χ1v) is 20.5. The summed E-state index contributed by atoms with van der Waals surface area (Å²) in [5.41, 5.74) is 17.2. The Morgan fingerprint density at radius 1 is 0.317 bits per heavy atom. The summed E-state index contributed by atoms with van der Waals surface area (Å²) >= 11 is 0. The van der Waals surface area contributed by atoms with Crippen LogP contribution in [0.15, 0.2) is 242 Å². The minimum atomic E-state index is -0.0296. The van der Waals surface area contributed by atoms with Crippen LogP contribution in [0.4, 0.5) is 0 Å². The minimum absolute atomic E-state index is 0.0296. The van der Waals surface area contributed by atoms with E-state index in [-0.39, 0.29) is 6.04 Å². The van der Waals surface area contributed by atoms with Crippen molar-refractivity contribution in [2.75, 3.05) is 0 Å². The Morgan fingerprint density at radius 3 is 1.20 bits per heavy atom. The van der Waals surface area contributed by atoms with Gasteiger partial charge in [0.25, 0.3) is 0 Å². The zero-order valence-electron chi connectivity index (χ0n) is 33.0. The van der Waals surface area contributed by atoms with Crippen LogP contribution < -0.4 is 5.32 Å². The summed E-state index contributed by atoms with van der Waals surface area (Å²) in [5.74, 6) is 0.859. The second-order valence-electron chi connectivity index (χ2n) is 15.0. The molecule has 2 heterocycles. The molecule has 3 nitrogen and oxygen atoms in total. The number of rotatable bonds is 9. The van der Waals surface area contributed by atoms with Gasteiger partial charge in [0.05, 0.1) is 23.1 Å². The van der Waals surface area contributed by atoms with Gasteiger partial charge in [-0.15, -0.1) is 0 Å². The molecule has 8 aromatic carbocycles. The van der Waals surface area contributed by atoms with Crippen LogP contribution in [-0.4, -0.2) is 10.8 Å². The summed E-state index contributed by atoms with van der Waals surface area (Å²) in [6.07, 6.45) is 2.24. The third-order valence-corrected chi connectivity index (χ3v) is 11.1. The number of aliphatic imine (C=N–C) groups is 1. The monoisotopic (exact) mass is 767 g/mol. The minimum Gasteiger partial charge on any atom is -0.359 e. The van der Waals surface area contributed by atoms with Crippen LogP contribution in [0, 0.1) is 0 Å². The molecule has 10 rings (SSSR count). The van der Waals surface area contributed by atoms with E-state index >= 15 is 0 Å². The van der Waals surface area contributed by atoms with Crippen LogP contribution in [0.1, 0.15) is 22.7 Å². The molecule has 9 aromatic rings. The molecule has 0 amide bonds. The van der Waals surface area contributed by atoms with Crippen molar-refractivity contribution >= 4 is 11.5 Å². The number of amidine groups is 1. The average Bonchev–Trinajstić information content (AvgIpc) is 3.35. The van der Waals surface area contributed by atoms with Gasteiger partial charge in [-0.2, -0.15) is 0 Å². The fourth-order valence-corrected chi connectivity index (χ4v) is 8.25. The van der Waals surface area contributed by atoms with Gasteiger partial charge >= 0.3 is 0 Å². The first kappa shape index (κ1) is 36.5. The van der Waals surface area contributed by atoms with Crippen molar-refractivity contribution in [1.82, 2.24) is 10.3 Å². The van der Waals surface area contributed by atoms with E-state index in [1.165, 1.54) is 5.56 Å². The van der Waals surface area contributed by atoms with Crippen molar-refractivity contribution in [3.63, 3.8) is 0 Å². The molecule has 60 heavy (non-hydrogen) atoms. The molecular formula is C57H41N3. The largest absolute Gasteiger partial charge is 0.359 e. The number of pyridine rings is 1. The fraction of sp³-hybridized carbons (Fsp3) is 0.0175. The Bertz CT molecular complexity index is 2860. The highest BCUT2D eigenvalue weighted by molar-refractivity contribution is 6.06. The molecule has 0 bridgehead atoms. The molecule has 0 saturated carbocycles. The third kappa shape index (κ3) is 7.37. The van der Waals surface area contributed by atoms with Crippen LogP contribution in [0.5, 0.6) is 0 Å². The summed E-state index contributed by atoms with van der Waals surface area (Å²) in [6, 6.07) is 81.3. The number of benzene rings is 8. The lowest BCUT2D eigenvalue weighted by Crippen LogP contribution is -2.31. The van der Waals surface area contributed by atoms with Gasteiger partial charge in [0.15, 0.2) is 0 Å². The highest BCUT2D eigenvalue weighted by Crippen LogP contribution is 2.49. The fourth-order valence-electron chi connectivity index (χ4n) is 8.25. The Balaban J connectivity index is 1.18. The van der Waals surface area contributed by atoms with Crippen molar-refractivity contribution in [2.24, 2.45) is 4.99 Å². The highest BCUT2D eigenvalue weighted by Gasteiger charge is 2.26. The molecule has 0 radical (unpaired) electrons. The Labute approximate surface area is 351 Å². The number of nitrogens with zero attached hydrogens (tertiary/aromatic N) is 2. The lowest BCUT2D eigenvalue weighted by molar-refractivity contribution is 0.781. The zero-order valence-corrected chi connectivity index (χ0v) is 33.0. The standard InChI is InChI=1S/C57H41N3/c1-7-21-40(22-8-1)50-39-51(59-57(58-50)45-31-17-6-18-32-45)48-35-19-33-46(37-48)47-34-20-36-49(38-47)52-53(41-23-9-2-10-24-41)55(43-27-13-4-14-28-43)60-56(44-29-15-5-16-30-44)54(52)42-25-11-3-12-26-42/h1-39,50H,(H,58,59). The van der Waals surface area contributed by atoms with Gasteiger partial charge < -0.3 is 5.32 Å². The molecule has 0 saturated heterocycles. The topological polar surface area (TPSA) is 37.3 Å². The first-order valence-electron chi connectivity index (χ1n) is 20.5. The SMILES string of the molecule is C1=C(c2cccc(-c3cccc(-c4c(-c5ccccc5)c(-c5ccccc5)nc(-c5ccccc5)c4-c4ccccc4)c3)c2)N=C(c2ccccc2)NC1c1ccccc1. The van der Waals surface area contributed by atoms with Crippen LogP contribution in [0.3, 0.4) is 0 Å². The van der Waals surface area contributed by atoms with Crippen molar-refractivity contribution < 1.29 is 0 Å². The van der Waals surface area contributed by atoms with E-state index in [0.717, 1.165) is 89.7 Å². The average molecular weight is 768 g/mol. The second kappa shape index (κ2) is 16.5. The van der Waals surface area contributed by atoms with E-state index < -0.39 is 0 Å². The second-order valence-corrected chi connectivity index (χ2v) is 15.0. The number of nitrogens with one attached hydrogen (secondary N) is 1. The molecular weight excluding hydrogens is 727 g/mol. The van der Waals surface area contributed by atoms with Crippen molar-refractivity contribution in [3.8, 4) is 67.0 Å². The third-order valence-electron chi connectivity index (χ3n) is 11.1. The molecule has 1 aliphatic rings. The molecule has 3 heteroatoms. The van der Waals surface area contributed by atoms with E-state index in [0.29, 0.717) is 0 Å². The van der Waals surface area contributed by atoms with Gasteiger partial charge in [-0.25, -0.2) is 9.98 Å². The lowest BCUT2D eigenvalue weighted by Gasteiger charge is -2.24. The van der Waals surface area contributed by atoms with Gasteiger partial charge in [-0.05, 0) is 51.6 Å². The Hall–Kier alpha value is -7.88. The highest BCUT2D eigenvalue weighted by atomic mass is 15.0. The quantitative estimate of drug-likeness (QED) is 0.159. The molecule has 1 atom stereocenters. The Morgan fingerprint density at radius 2 is 0.700 bits per heavy atom. The van der Waals surface area contributed by atoms with E-state index in [9.17, 15) is 0 Å². The van der Waals surface area contributed by atoms with Crippen LogP contribution in [0.25, 0.3) is 72.7 Å². The summed E-state index contributed by atoms with van der Waals surface area (Å²) in [4.78, 5) is 10.9. The van der Waals surface area contributed by atoms with Crippen LogP contribution >= 0.6 is 0 Å². The summed E-state index contributed by atoms with van der Waals surface area (Å²) in [5, 5.41) is 3.70. The smallest absolute Gasteiger partial charge is 0.134 e. The molecule has 1 aromatic heterocycles. The van der Waals surface area contributed by atoms with Crippen molar-refractivity contribution in [3.05, 3.63) is 253 Å². The normalized spacial score (nSPS) is 13.5. The molecule has 0 aliphatic carbocycles. The molecule has 0 spiro atoms. The summed E-state index contributed by atoms with van der Waals surface area (Å²) < 4.78 is 0. The van der Waals surface area contributed by atoms with E-state index in [2.05, 4.69) is 236 Å². The van der Waals surface area contributed by atoms with Crippen molar-refractivity contribution in [1.29, 1.82) is 0 Å². The maximum absolute atomic E-state index is 5.63. The maximum atomic E-state index is 5.63. The number of hydrogen-bond acceptors (Lipinski definition) is 3. The van der Waals surface area contributed by atoms with E-state index in [4.69, 9.17) is 9.98 Å². The molecule has 0 fully saturated rings. The van der Waals surface area contributed by atoms with Gasteiger partial charge in [0.1, 0.15) is 5.84 Å². The van der Waals surface area contributed by atoms with Gasteiger partial charge in [0.2, 0.25) is 0 Å². The van der Waals surface area contributed by atoms with Crippen LogP contribution in [-0.2, 0) is 0 Å². The number of hydrogen-bond donors (Lipinski definition) is 1. The predicted octanol–water partition coefficient (Wildman–Crippen LogP) is 14.2. The van der Waals surface area contributed by atoms with Crippen LogP contribution in [0.2, 0.25) is 0 Å². The first-order chi connectivity index (χ1) is 29.8. The predicted molar refractivity (Wildman–Crippen MR) is 250 cm³/mol. The zero-order chi connectivity index (χ0) is 40.1. The maximum Gasteiger partial charge on any atom is 0.134 e. The van der Waals surface area contributed by atoms with Crippen molar-refractivity contribution in [2.45, 2.75) is 6.04 Å².